The summed E-state index contributed by atoms with van der Waals surface area (Å²) >= 11 is 5.72. The average Bonchev–Trinajstić information content (AvgIpc) is 2.41. The van der Waals surface area contributed by atoms with Crippen LogP contribution in [-0.2, 0) is 14.3 Å². The predicted octanol–water partition coefficient (Wildman–Crippen LogP) is 1.82. The van der Waals surface area contributed by atoms with E-state index in [1.807, 2.05) is 6.92 Å². The van der Waals surface area contributed by atoms with E-state index in [1.165, 1.54) is 0 Å². The summed E-state index contributed by atoms with van der Waals surface area (Å²) in [4.78, 5) is 23.0. The molecule has 6 heteroatoms. The topological polar surface area (TPSA) is 67.4 Å². The van der Waals surface area contributed by atoms with Crippen LogP contribution in [0.25, 0.3) is 0 Å². The second-order valence-corrected chi connectivity index (χ2v) is 4.20. The van der Waals surface area contributed by atoms with Gasteiger partial charge < -0.3 is 15.4 Å². The molecular weight excluding hydrogens is 268 g/mol. The summed E-state index contributed by atoms with van der Waals surface area (Å²) in [7, 11) is 0. The third-order valence-electron chi connectivity index (χ3n) is 2.26. The van der Waals surface area contributed by atoms with Crippen LogP contribution in [-0.4, -0.2) is 31.6 Å². The molecule has 1 rings (SSSR count). The summed E-state index contributed by atoms with van der Waals surface area (Å²) in [6, 6.07) is 6.53. The van der Waals surface area contributed by atoms with Crippen molar-refractivity contribution in [1.29, 1.82) is 0 Å². The molecular formula is C13H17ClN2O3. The molecule has 0 unspecified atom stereocenters. The van der Waals surface area contributed by atoms with Crippen LogP contribution in [0.4, 0.5) is 5.69 Å². The first-order valence-electron chi connectivity index (χ1n) is 6.06. The third-order valence-corrected chi connectivity index (χ3v) is 2.52. The summed E-state index contributed by atoms with van der Waals surface area (Å²) in [5.41, 5.74) is 0.527. The highest BCUT2D eigenvalue weighted by atomic mass is 35.5. The molecule has 104 valence electrons. The Morgan fingerprint density at radius 3 is 2.53 bits per heavy atom. The van der Waals surface area contributed by atoms with E-state index in [2.05, 4.69) is 10.6 Å². The molecule has 19 heavy (non-hydrogen) atoms. The van der Waals surface area contributed by atoms with Crippen molar-refractivity contribution in [2.75, 3.05) is 25.1 Å². The van der Waals surface area contributed by atoms with Crippen molar-refractivity contribution >= 4 is 29.1 Å². The third kappa shape index (κ3) is 6.22. The number of hydrogen-bond donors (Lipinski definition) is 2. The summed E-state index contributed by atoms with van der Waals surface area (Å²) in [5.74, 6) is -1.36. The van der Waals surface area contributed by atoms with E-state index < -0.39 is 11.8 Å². The maximum atomic E-state index is 11.5. The lowest BCUT2D eigenvalue weighted by Gasteiger charge is -2.06. The largest absolute Gasteiger partial charge is 0.382 e. The highest BCUT2D eigenvalue weighted by Crippen LogP contribution is 2.12. The van der Waals surface area contributed by atoms with Crippen LogP contribution in [0.15, 0.2) is 24.3 Å². The minimum atomic E-state index is -0.696. The molecule has 0 saturated heterocycles. The number of hydrogen-bond acceptors (Lipinski definition) is 3. The molecule has 2 amide bonds. The minimum Gasteiger partial charge on any atom is -0.382 e. The lowest BCUT2D eigenvalue weighted by atomic mass is 10.3. The Hall–Kier alpha value is -1.59. The molecule has 0 spiro atoms. The molecule has 0 aliphatic heterocycles. The summed E-state index contributed by atoms with van der Waals surface area (Å²) < 4.78 is 5.12. The van der Waals surface area contributed by atoms with Crippen molar-refractivity contribution in [3.05, 3.63) is 29.3 Å². The minimum absolute atomic E-state index is 0.410. The van der Waals surface area contributed by atoms with Gasteiger partial charge in [0.25, 0.3) is 0 Å². The van der Waals surface area contributed by atoms with Crippen LogP contribution in [0.5, 0.6) is 0 Å². The number of halogens is 1. The van der Waals surface area contributed by atoms with Crippen LogP contribution in [0, 0.1) is 0 Å². The van der Waals surface area contributed by atoms with E-state index >= 15 is 0 Å². The van der Waals surface area contributed by atoms with Crippen LogP contribution in [0.3, 0.4) is 0 Å². The van der Waals surface area contributed by atoms with E-state index in [-0.39, 0.29) is 0 Å². The van der Waals surface area contributed by atoms with E-state index in [0.717, 1.165) is 0 Å². The fourth-order valence-electron chi connectivity index (χ4n) is 1.32. The molecule has 1 aromatic rings. The van der Waals surface area contributed by atoms with Crippen molar-refractivity contribution < 1.29 is 14.3 Å². The van der Waals surface area contributed by atoms with Gasteiger partial charge in [-0.2, -0.15) is 0 Å². The molecule has 0 radical (unpaired) electrons. The standard InChI is InChI=1S/C13H17ClN2O3/c1-2-19-9-3-8-15-12(17)13(18)16-11-6-4-10(14)5-7-11/h4-7H,2-3,8-9H2,1H3,(H,15,17)(H,16,18). The van der Waals surface area contributed by atoms with Crippen molar-refractivity contribution in [1.82, 2.24) is 5.32 Å². The lowest BCUT2D eigenvalue weighted by molar-refractivity contribution is -0.136. The molecule has 0 saturated carbocycles. The fraction of sp³-hybridized carbons (Fsp3) is 0.385. The quantitative estimate of drug-likeness (QED) is 0.618. The van der Waals surface area contributed by atoms with E-state index in [4.69, 9.17) is 16.3 Å². The molecule has 5 nitrogen and oxygen atoms in total. The molecule has 0 fully saturated rings. The van der Waals surface area contributed by atoms with Gasteiger partial charge in [0.1, 0.15) is 0 Å². The second kappa shape index (κ2) is 8.50. The first-order valence-corrected chi connectivity index (χ1v) is 6.43. The van der Waals surface area contributed by atoms with Gasteiger partial charge in [-0.05, 0) is 37.6 Å². The van der Waals surface area contributed by atoms with Crippen molar-refractivity contribution in [2.45, 2.75) is 13.3 Å². The van der Waals surface area contributed by atoms with E-state index in [1.54, 1.807) is 24.3 Å². The Morgan fingerprint density at radius 1 is 1.21 bits per heavy atom. The Morgan fingerprint density at radius 2 is 1.89 bits per heavy atom. The van der Waals surface area contributed by atoms with E-state index in [9.17, 15) is 9.59 Å². The van der Waals surface area contributed by atoms with Crippen molar-refractivity contribution in [2.24, 2.45) is 0 Å². The molecule has 0 atom stereocenters. The second-order valence-electron chi connectivity index (χ2n) is 3.77. The zero-order valence-corrected chi connectivity index (χ0v) is 11.5. The molecule has 0 aromatic heterocycles. The summed E-state index contributed by atoms with van der Waals surface area (Å²) in [5, 5.41) is 5.56. The van der Waals surface area contributed by atoms with Gasteiger partial charge in [0, 0.05) is 30.5 Å². The SMILES string of the molecule is CCOCCCNC(=O)C(=O)Nc1ccc(Cl)cc1. The first kappa shape index (κ1) is 15.5. The van der Waals surface area contributed by atoms with Gasteiger partial charge >= 0.3 is 11.8 Å². The number of ether oxygens (including phenoxy) is 1. The fourth-order valence-corrected chi connectivity index (χ4v) is 1.45. The van der Waals surface area contributed by atoms with Gasteiger partial charge in [-0.15, -0.1) is 0 Å². The number of carbonyl (C=O) groups excluding carboxylic acids is 2. The molecule has 0 heterocycles. The number of amides is 2. The van der Waals surface area contributed by atoms with Gasteiger partial charge in [-0.25, -0.2) is 0 Å². The van der Waals surface area contributed by atoms with Crippen LogP contribution in [0.1, 0.15) is 13.3 Å². The summed E-state index contributed by atoms with van der Waals surface area (Å²) in [6.07, 6.45) is 0.674. The average molecular weight is 285 g/mol. The zero-order valence-electron chi connectivity index (χ0n) is 10.7. The van der Waals surface area contributed by atoms with Crippen LogP contribution >= 0.6 is 11.6 Å². The molecule has 0 bridgehead atoms. The number of nitrogens with one attached hydrogen (secondary N) is 2. The van der Waals surface area contributed by atoms with Gasteiger partial charge in [0.2, 0.25) is 0 Å². The van der Waals surface area contributed by atoms with Gasteiger partial charge in [0.05, 0.1) is 0 Å². The maximum absolute atomic E-state index is 11.5. The number of carbonyl (C=O) groups is 2. The zero-order chi connectivity index (χ0) is 14.1. The van der Waals surface area contributed by atoms with E-state index in [0.29, 0.717) is 36.9 Å². The Bertz CT molecular complexity index is 420. The highest BCUT2D eigenvalue weighted by molar-refractivity contribution is 6.39. The van der Waals surface area contributed by atoms with Gasteiger partial charge in [0.15, 0.2) is 0 Å². The van der Waals surface area contributed by atoms with Crippen molar-refractivity contribution in [3.8, 4) is 0 Å². The normalized spacial score (nSPS) is 10.0. The molecule has 0 aliphatic rings. The Balaban J connectivity index is 2.28. The smallest absolute Gasteiger partial charge is 0.313 e. The lowest BCUT2D eigenvalue weighted by Crippen LogP contribution is -2.36. The Kier molecular flexibility index (Phi) is 6.92. The molecule has 0 aliphatic carbocycles. The van der Waals surface area contributed by atoms with Crippen LogP contribution < -0.4 is 10.6 Å². The van der Waals surface area contributed by atoms with Gasteiger partial charge in [-0.1, -0.05) is 11.6 Å². The van der Waals surface area contributed by atoms with Crippen molar-refractivity contribution in [3.63, 3.8) is 0 Å². The number of benzene rings is 1. The predicted molar refractivity (Wildman–Crippen MR) is 74.2 cm³/mol. The number of anilines is 1. The monoisotopic (exact) mass is 284 g/mol. The first-order chi connectivity index (χ1) is 9.13. The van der Waals surface area contributed by atoms with Gasteiger partial charge in [-0.3, -0.25) is 9.59 Å². The maximum Gasteiger partial charge on any atom is 0.313 e. The molecule has 2 N–H and O–H groups in total. The van der Waals surface area contributed by atoms with Crippen LogP contribution in [0.2, 0.25) is 5.02 Å². The summed E-state index contributed by atoms with van der Waals surface area (Å²) in [6.45, 7) is 3.52. The molecule has 1 aromatic carbocycles. The Labute approximate surface area is 117 Å². The highest BCUT2D eigenvalue weighted by Gasteiger charge is 2.12. The number of rotatable bonds is 6.